The van der Waals surface area contributed by atoms with Gasteiger partial charge in [-0.3, -0.25) is 4.79 Å². The molecule has 1 fully saturated rings. The summed E-state index contributed by atoms with van der Waals surface area (Å²) in [6, 6.07) is 0. The minimum absolute atomic E-state index is 0.103. The molecule has 1 N–H and O–H groups in total. The maximum atomic E-state index is 12.3. The van der Waals surface area contributed by atoms with Crippen LogP contribution in [0.1, 0.15) is 36.1 Å². The number of piperazine rings is 1. The molecule has 0 aromatic carbocycles. The predicted molar refractivity (Wildman–Crippen MR) is 119 cm³/mol. The molecular weight excluding hydrogens is 380 g/mol. The van der Waals surface area contributed by atoms with E-state index in [9.17, 15) is 4.79 Å². The van der Waals surface area contributed by atoms with E-state index in [1.165, 1.54) is 0 Å². The van der Waals surface area contributed by atoms with Crippen molar-refractivity contribution in [3.8, 4) is 5.88 Å². The van der Waals surface area contributed by atoms with E-state index in [0.717, 1.165) is 80.0 Å². The summed E-state index contributed by atoms with van der Waals surface area (Å²) in [5.41, 5.74) is 3.97. The van der Waals surface area contributed by atoms with E-state index in [1.54, 1.807) is 11.8 Å². The average Bonchev–Trinajstić information content (AvgIpc) is 3.04. The number of fused-ring (bicyclic) bond motifs is 1. The standard InChI is InChI=1S/C22H36N6O2/c1-16-18(17(2)24-21-20(16)22(30-5)25-27(21)4)8-9-19(29)23-10-6-7-11-28-14-12-26(3)13-15-28/h6-15H2,1-5H3,(H,23,29). The lowest BCUT2D eigenvalue weighted by Gasteiger charge is -2.32. The highest BCUT2D eigenvalue weighted by Crippen LogP contribution is 2.30. The van der Waals surface area contributed by atoms with Crippen LogP contribution in [0.3, 0.4) is 0 Å². The SMILES string of the molecule is COc1nn(C)c2nc(C)c(CCC(=O)NCCCCN3CCN(C)CC3)c(C)c12. The first-order valence-electron chi connectivity index (χ1n) is 10.9. The Morgan fingerprint density at radius 3 is 2.57 bits per heavy atom. The molecule has 1 amide bonds. The minimum Gasteiger partial charge on any atom is -0.479 e. The highest BCUT2D eigenvalue weighted by molar-refractivity contribution is 5.86. The van der Waals surface area contributed by atoms with Gasteiger partial charge >= 0.3 is 0 Å². The maximum absolute atomic E-state index is 12.3. The molecule has 0 saturated carbocycles. The number of rotatable bonds is 9. The first-order chi connectivity index (χ1) is 14.4. The number of hydrogen-bond donors (Lipinski definition) is 1. The van der Waals surface area contributed by atoms with Crippen molar-refractivity contribution >= 4 is 16.9 Å². The first kappa shape index (κ1) is 22.5. The molecule has 1 saturated heterocycles. The van der Waals surface area contributed by atoms with Crippen molar-refractivity contribution in [1.82, 2.24) is 29.9 Å². The number of nitrogens with one attached hydrogen (secondary N) is 1. The second-order valence-electron chi connectivity index (χ2n) is 8.33. The lowest BCUT2D eigenvalue weighted by atomic mass is 10.00. The second-order valence-corrected chi connectivity index (χ2v) is 8.33. The van der Waals surface area contributed by atoms with Crippen LogP contribution in [0.5, 0.6) is 5.88 Å². The summed E-state index contributed by atoms with van der Waals surface area (Å²) in [6.45, 7) is 10.6. The Morgan fingerprint density at radius 1 is 1.13 bits per heavy atom. The van der Waals surface area contributed by atoms with Crippen molar-refractivity contribution < 1.29 is 9.53 Å². The molecule has 0 bridgehead atoms. The number of pyridine rings is 1. The highest BCUT2D eigenvalue weighted by atomic mass is 16.5. The van der Waals surface area contributed by atoms with Gasteiger partial charge in [0, 0.05) is 51.9 Å². The zero-order chi connectivity index (χ0) is 21.7. The summed E-state index contributed by atoms with van der Waals surface area (Å²) in [5.74, 6) is 0.690. The molecule has 1 aliphatic heterocycles. The summed E-state index contributed by atoms with van der Waals surface area (Å²) in [7, 11) is 5.67. The van der Waals surface area contributed by atoms with Crippen LogP contribution < -0.4 is 10.1 Å². The van der Waals surface area contributed by atoms with Crippen molar-refractivity contribution in [1.29, 1.82) is 0 Å². The third kappa shape index (κ3) is 5.29. The summed E-state index contributed by atoms with van der Waals surface area (Å²) in [5, 5.41) is 8.40. The van der Waals surface area contributed by atoms with Crippen molar-refractivity contribution in [3.63, 3.8) is 0 Å². The molecule has 0 aliphatic carbocycles. The Labute approximate surface area is 179 Å². The molecule has 2 aromatic rings. The van der Waals surface area contributed by atoms with E-state index in [0.29, 0.717) is 18.7 Å². The molecule has 0 unspecified atom stereocenters. The van der Waals surface area contributed by atoms with Gasteiger partial charge in [0.05, 0.1) is 12.5 Å². The second kappa shape index (κ2) is 10.2. The molecule has 8 nitrogen and oxygen atoms in total. The van der Waals surface area contributed by atoms with Gasteiger partial charge in [0.2, 0.25) is 11.8 Å². The van der Waals surface area contributed by atoms with Crippen LogP contribution in [-0.4, -0.2) is 83.9 Å². The van der Waals surface area contributed by atoms with Gasteiger partial charge in [-0.05, 0) is 57.8 Å². The third-order valence-corrected chi connectivity index (χ3v) is 6.14. The van der Waals surface area contributed by atoms with Crippen LogP contribution in [-0.2, 0) is 18.3 Å². The number of aryl methyl sites for hydroxylation is 3. The van der Waals surface area contributed by atoms with Crippen LogP contribution in [0.2, 0.25) is 0 Å². The molecular formula is C22H36N6O2. The molecule has 0 atom stereocenters. The Kier molecular flexibility index (Phi) is 7.66. The number of hydrogen-bond acceptors (Lipinski definition) is 6. The lowest BCUT2D eigenvalue weighted by Crippen LogP contribution is -2.44. The largest absolute Gasteiger partial charge is 0.479 e. The van der Waals surface area contributed by atoms with Gasteiger partial charge in [0.15, 0.2) is 5.65 Å². The van der Waals surface area contributed by atoms with Crippen LogP contribution in [0.25, 0.3) is 11.0 Å². The number of nitrogens with zero attached hydrogens (tertiary/aromatic N) is 5. The number of carbonyl (C=O) groups excluding carboxylic acids is 1. The Balaban J connectivity index is 1.45. The van der Waals surface area contributed by atoms with E-state index in [1.807, 2.05) is 14.0 Å². The normalized spacial score (nSPS) is 15.6. The molecule has 3 heterocycles. The topological polar surface area (TPSA) is 75.5 Å². The Morgan fingerprint density at radius 2 is 1.87 bits per heavy atom. The first-order valence-corrected chi connectivity index (χ1v) is 10.9. The predicted octanol–water partition coefficient (Wildman–Crippen LogP) is 1.67. The number of carbonyl (C=O) groups is 1. The van der Waals surface area contributed by atoms with Gasteiger partial charge in [0.1, 0.15) is 0 Å². The Bertz CT molecular complexity index is 870. The monoisotopic (exact) mass is 416 g/mol. The third-order valence-electron chi connectivity index (χ3n) is 6.14. The quantitative estimate of drug-likeness (QED) is 0.627. The van der Waals surface area contributed by atoms with Crippen molar-refractivity contribution in [2.45, 2.75) is 39.5 Å². The molecule has 30 heavy (non-hydrogen) atoms. The van der Waals surface area contributed by atoms with Crippen molar-refractivity contribution in [3.05, 3.63) is 16.8 Å². The molecule has 166 valence electrons. The zero-order valence-electron chi connectivity index (χ0n) is 19.1. The van der Waals surface area contributed by atoms with Gasteiger partial charge in [-0.25, -0.2) is 9.67 Å². The molecule has 1 aliphatic rings. The smallest absolute Gasteiger partial charge is 0.242 e. The van der Waals surface area contributed by atoms with Crippen molar-refractivity contribution in [2.24, 2.45) is 7.05 Å². The lowest BCUT2D eigenvalue weighted by molar-refractivity contribution is -0.121. The van der Waals surface area contributed by atoms with Gasteiger partial charge in [-0.15, -0.1) is 5.10 Å². The highest BCUT2D eigenvalue weighted by Gasteiger charge is 2.18. The van der Waals surface area contributed by atoms with Gasteiger partial charge in [-0.1, -0.05) is 0 Å². The van der Waals surface area contributed by atoms with E-state index < -0.39 is 0 Å². The van der Waals surface area contributed by atoms with Gasteiger partial charge < -0.3 is 19.9 Å². The summed E-state index contributed by atoms with van der Waals surface area (Å²) < 4.78 is 7.16. The summed E-state index contributed by atoms with van der Waals surface area (Å²) in [4.78, 5) is 21.9. The molecule has 0 spiro atoms. The van der Waals surface area contributed by atoms with Crippen molar-refractivity contribution in [2.75, 3.05) is 53.4 Å². The molecule has 3 rings (SSSR count). The van der Waals surface area contributed by atoms with E-state index in [4.69, 9.17) is 9.72 Å². The number of unbranched alkanes of at least 4 members (excludes halogenated alkanes) is 1. The maximum Gasteiger partial charge on any atom is 0.242 e. The molecule has 0 radical (unpaired) electrons. The number of amides is 1. The molecule has 8 heteroatoms. The van der Waals surface area contributed by atoms with Crippen LogP contribution in [0.4, 0.5) is 0 Å². The van der Waals surface area contributed by atoms with Crippen LogP contribution in [0.15, 0.2) is 0 Å². The number of ether oxygens (including phenoxy) is 1. The number of methoxy groups -OCH3 is 1. The van der Waals surface area contributed by atoms with Crippen LogP contribution in [0, 0.1) is 13.8 Å². The van der Waals surface area contributed by atoms with Crippen LogP contribution >= 0.6 is 0 Å². The van der Waals surface area contributed by atoms with Gasteiger partial charge in [0.25, 0.3) is 0 Å². The minimum atomic E-state index is 0.103. The number of aromatic nitrogens is 3. The summed E-state index contributed by atoms with van der Waals surface area (Å²) in [6.07, 6.45) is 3.29. The number of likely N-dealkylation sites (N-methyl/N-ethyl adjacent to an activating group) is 1. The van der Waals surface area contributed by atoms with Gasteiger partial charge in [-0.2, -0.15) is 0 Å². The van der Waals surface area contributed by atoms with E-state index in [2.05, 4.69) is 34.2 Å². The zero-order valence-corrected chi connectivity index (χ0v) is 19.1. The van der Waals surface area contributed by atoms with E-state index in [-0.39, 0.29) is 5.91 Å². The fourth-order valence-corrected chi connectivity index (χ4v) is 4.19. The fraction of sp³-hybridized carbons (Fsp3) is 0.682. The average molecular weight is 417 g/mol. The van der Waals surface area contributed by atoms with E-state index >= 15 is 0 Å². The Hall–Kier alpha value is -2.19. The summed E-state index contributed by atoms with van der Waals surface area (Å²) >= 11 is 0. The fourth-order valence-electron chi connectivity index (χ4n) is 4.19. The molecule has 2 aromatic heterocycles.